The molecule has 100 valence electrons. The maximum absolute atomic E-state index is 11.6. The second kappa shape index (κ2) is 5.88. The van der Waals surface area contributed by atoms with Gasteiger partial charge in [0.05, 0.1) is 13.1 Å². The Labute approximate surface area is 112 Å². The Morgan fingerprint density at radius 1 is 1.11 bits per heavy atom. The van der Waals surface area contributed by atoms with Gasteiger partial charge in [0, 0.05) is 5.46 Å². The van der Waals surface area contributed by atoms with Crippen LogP contribution >= 0.6 is 0 Å². The summed E-state index contributed by atoms with van der Waals surface area (Å²) in [4.78, 5) is 24.8. The number of carbonyl (C=O) groups is 2. The van der Waals surface area contributed by atoms with Crippen LogP contribution in [0.25, 0.3) is 0 Å². The predicted molar refractivity (Wildman–Crippen MR) is 70.9 cm³/mol. The molecule has 0 unspecified atom stereocenters. The van der Waals surface area contributed by atoms with Crippen LogP contribution in [0.2, 0.25) is 0 Å². The molecular formula is C13H16BNO4. The third-order valence-corrected chi connectivity index (χ3v) is 2.94. The van der Waals surface area contributed by atoms with Crippen LogP contribution < -0.4 is 5.46 Å². The van der Waals surface area contributed by atoms with E-state index >= 15 is 0 Å². The van der Waals surface area contributed by atoms with Gasteiger partial charge in [0.2, 0.25) is 0 Å². The molecule has 1 aromatic rings. The van der Waals surface area contributed by atoms with E-state index in [4.69, 9.17) is 9.31 Å². The van der Waals surface area contributed by atoms with Crippen molar-refractivity contribution in [1.29, 1.82) is 0 Å². The number of hydrogen-bond donors (Lipinski definition) is 0. The van der Waals surface area contributed by atoms with Crippen LogP contribution in [-0.4, -0.2) is 44.1 Å². The minimum absolute atomic E-state index is 0.0820. The molecule has 1 heterocycles. The summed E-state index contributed by atoms with van der Waals surface area (Å²) in [5.41, 5.74) is 1.84. The highest BCUT2D eigenvalue weighted by Crippen LogP contribution is 2.03. The van der Waals surface area contributed by atoms with E-state index in [2.05, 4.69) is 6.92 Å². The second-order valence-electron chi connectivity index (χ2n) is 4.58. The van der Waals surface area contributed by atoms with Gasteiger partial charge >= 0.3 is 19.1 Å². The first kappa shape index (κ1) is 13.6. The van der Waals surface area contributed by atoms with Gasteiger partial charge in [-0.25, -0.2) is 0 Å². The molecule has 0 amide bonds. The number of likely N-dealkylation sites (N-methyl/N-ethyl adjacent to an activating group) is 1. The smallest absolute Gasteiger partial charge is 0.494 e. The number of nitrogens with zero attached hydrogens (tertiary/aromatic N) is 1. The molecule has 2 rings (SSSR count). The first-order valence-electron chi connectivity index (χ1n) is 6.25. The topological polar surface area (TPSA) is 55.8 Å². The molecule has 0 aliphatic carbocycles. The minimum Gasteiger partial charge on any atom is -0.494 e. The van der Waals surface area contributed by atoms with Gasteiger partial charge in [0.1, 0.15) is 0 Å². The quantitative estimate of drug-likeness (QED) is 0.700. The van der Waals surface area contributed by atoms with E-state index in [1.165, 1.54) is 5.56 Å². The zero-order valence-corrected chi connectivity index (χ0v) is 11.1. The Kier molecular flexibility index (Phi) is 4.22. The first-order valence-corrected chi connectivity index (χ1v) is 6.25. The molecule has 6 heteroatoms. The van der Waals surface area contributed by atoms with Crippen molar-refractivity contribution in [3.8, 4) is 0 Å². The highest BCUT2D eigenvalue weighted by Gasteiger charge is 2.33. The summed E-state index contributed by atoms with van der Waals surface area (Å²) in [6.45, 7) is 2.22. The van der Waals surface area contributed by atoms with E-state index in [0.717, 1.165) is 6.42 Å². The van der Waals surface area contributed by atoms with Crippen LogP contribution in [0.1, 0.15) is 12.5 Å². The Morgan fingerprint density at radius 2 is 1.63 bits per heavy atom. The summed E-state index contributed by atoms with van der Waals surface area (Å²) in [5.74, 6) is -0.806. The SMILES string of the molecule is CCc1ccc(B2OC(=O)CN(C)CC(=O)O2)cc1. The normalized spacial score (nSPS) is 17.5. The molecule has 5 nitrogen and oxygen atoms in total. The highest BCUT2D eigenvalue weighted by atomic mass is 16.6. The molecule has 1 aliphatic rings. The average Bonchev–Trinajstić information content (AvgIpc) is 2.36. The molecular weight excluding hydrogens is 245 g/mol. The third-order valence-electron chi connectivity index (χ3n) is 2.94. The largest absolute Gasteiger partial charge is 0.636 e. The molecule has 0 aromatic heterocycles. The molecule has 0 spiro atoms. The van der Waals surface area contributed by atoms with E-state index in [1.807, 2.05) is 24.3 Å². The lowest BCUT2D eigenvalue weighted by Gasteiger charge is -2.22. The van der Waals surface area contributed by atoms with Crippen molar-refractivity contribution in [2.24, 2.45) is 0 Å². The zero-order valence-electron chi connectivity index (χ0n) is 11.1. The predicted octanol–water partition coefficient (Wildman–Crippen LogP) is -0.0240. The average molecular weight is 261 g/mol. The van der Waals surface area contributed by atoms with Gasteiger partial charge in [0.25, 0.3) is 0 Å². The lowest BCUT2D eigenvalue weighted by atomic mass is 9.78. The maximum atomic E-state index is 11.6. The van der Waals surface area contributed by atoms with Crippen LogP contribution in [0.15, 0.2) is 24.3 Å². The van der Waals surface area contributed by atoms with Crippen molar-refractivity contribution in [1.82, 2.24) is 4.90 Å². The molecule has 0 N–H and O–H groups in total. The molecule has 0 atom stereocenters. The van der Waals surface area contributed by atoms with E-state index in [1.54, 1.807) is 11.9 Å². The number of hydrogen-bond acceptors (Lipinski definition) is 5. The van der Waals surface area contributed by atoms with Crippen LogP contribution in [0.4, 0.5) is 0 Å². The zero-order chi connectivity index (χ0) is 13.8. The lowest BCUT2D eigenvalue weighted by molar-refractivity contribution is -0.145. The molecule has 0 bridgehead atoms. The van der Waals surface area contributed by atoms with Gasteiger partial charge in [-0.15, -0.1) is 0 Å². The maximum Gasteiger partial charge on any atom is 0.636 e. The number of rotatable bonds is 2. The van der Waals surface area contributed by atoms with E-state index in [-0.39, 0.29) is 13.1 Å². The third kappa shape index (κ3) is 3.57. The van der Waals surface area contributed by atoms with Crippen molar-refractivity contribution in [3.63, 3.8) is 0 Å². The summed E-state index contributed by atoms with van der Waals surface area (Å²) in [6, 6.07) is 7.49. The van der Waals surface area contributed by atoms with Crippen LogP contribution in [0.3, 0.4) is 0 Å². The Morgan fingerprint density at radius 3 is 2.11 bits per heavy atom. The van der Waals surface area contributed by atoms with Gasteiger partial charge in [-0.1, -0.05) is 31.2 Å². The van der Waals surface area contributed by atoms with Crippen molar-refractivity contribution in [3.05, 3.63) is 29.8 Å². The van der Waals surface area contributed by atoms with Crippen molar-refractivity contribution < 1.29 is 18.9 Å². The molecule has 1 fully saturated rings. The standard InChI is InChI=1S/C13H16BNO4/c1-3-10-4-6-11(7-5-10)14-18-12(16)8-15(2)9-13(17)19-14/h4-7H,3,8-9H2,1-2H3. The van der Waals surface area contributed by atoms with E-state index < -0.39 is 19.1 Å². The highest BCUT2D eigenvalue weighted by molar-refractivity contribution is 6.64. The lowest BCUT2D eigenvalue weighted by Crippen LogP contribution is -2.47. The minimum atomic E-state index is -0.945. The fourth-order valence-corrected chi connectivity index (χ4v) is 1.88. The number of aryl methyl sites for hydroxylation is 1. The fourth-order valence-electron chi connectivity index (χ4n) is 1.88. The molecule has 1 aliphatic heterocycles. The number of benzene rings is 1. The van der Waals surface area contributed by atoms with Crippen molar-refractivity contribution in [2.75, 3.05) is 20.1 Å². The van der Waals surface area contributed by atoms with Gasteiger partial charge in [-0.05, 0) is 19.0 Å². The summed E-state index contributed by atoms with van der Waals surface area (Å²) in [5, 5.41) is 0. The molecule has 1 saturated heterocycles. The Balaban J connectivity index is 2.16. The van der Waals surface area contributed by atoms with Crippen LogP contribution in [-0.2, 0) is 25.3 Å². The van der Waals surface area contributed by atoms with Crippen LogP contribution in [0.5, 0.6) is 0 Å². The van der Waals surface area contributed by atoms with Crippen molar-refractivity contribution in [2.45, 2.75) is 13.3 Å². The second-order valence-corrected chi connectivity index (χ2v) is 4.58. The van der Waals surface area contributed by atoms with Gasteiger partial charge in [0.15, 0.2) is 0 Å². The van der Waals surface area contributed by atoms with E-state index in [9.17, 15) is 9.59 Å². The van der Waals surface area contributed by atoms with Crippen molar-refractivity contribution >= 4 is 24.5 Å². The monoisotopic (exact) mass is 261 g/mol. The molecule has 0 saturated carbocycles. The van der Waals surface area contributed by atoms with Crippen LogP contribution in [0, 0.1) is 0 Å². The number of carbonyl (C=O) groups excluding carboxylic acids is 2. The van der Waals surface area contributed by atoms with E-state index in [0.29, 0.717) is 5.46 Å². The molecule has 1 aromatic carbocycles. The van der Waals surface area contributed by atoms with Gasteiger partial charge in [-0.3, -0.25) is 14.5 Å². The Hall–Kier alpha value is -1.82. The summed E-state index contributed by atoms with van der Waals surface area (Å²) in [7, 11) is 0.721. The first-order chi connectivity index (χ1) is 9.08. The molecule has 19 heavy (non-hydrogen) atoms. The molecule has 0 radical (unpaired) electrons. The Bertz CT molecular complexity index is 454. The summed E-state index contributed by atoms with van der Waals surface area (Å²) >= 11 is 0. The van der Waals surface area contributed by atoms with Gasteiger partial charge in [-0.2, -0.15) is 0 Å². The fraction of sp³-hybridized carbons (Fsp3) is 0.385. The summed E-state index contributed by atoms with van der Waals surface area (Å²) in [6.07, 6.45) is 0.926. The summed E-state index contributed by atoms with van der Waals surface area (Å²) < 4.78 is 10.3. The van der Waals surface area contributed by atoms with Gasteiger partial charge < -0.3 is 9.31 Å².